The van der Waals surface area contributed by atoms with E-state index in [1.165, 1.54) is 0 Å². The maximum absolute atomic E-state index is 12.1. The van der Waals surface area contributed by atoms with Crippen molar-refractivity contribution < 1.29 is 8.95 Å². The third-order valence-corrected chi connectivity index (χ3v) is 6.42. The van der Waals surface area contributed by atoms with Crippen LogP contribution < -0.4 is 15.4 Å². The molecule has 1 aromatic carbocycles. The summed E-state index contributed by atoms with van der Waals surface area (Å²) in [5.41, 5.74) is 1.16. The zero-order chi connectivity index (χ0) is 18.8. The van der Waals surface area contributed by atoms with Gasteiger partial charge in [0.1, 0.15) is 5.75 Å². The highest BCUT2D eigenvalue weighted by molar-refractivity contribution is 14.0. The van der Waals surface area contributed by atoms with Crippen LogP contribution in [0.25, 0.3) is 0 Å². The standard InChI is InChI=1S/C20H33N3O2S.HI/c1-4-12-25-18-10-6-8-16(13-18)15-22-20(21-3)23-17-9-7-11-19(14-17)26(24)5-2;/h6,8,10,13,17,19H,4-5,7,9,11-12,14-15H2,1-3H3,(H2,21,22,23);1H. The lowest BCUT2D eigenvalue weighted by Gasteiger charge is -2.30. The van der Waals surface area contributed by atoms with Gasteiger partial charge in [0.2, 0.25) is 0 Å². The number of nitrogens with zero attached hydrogens (tertiary/aromatic N) is 1. The molecule has 0 saturated heterocycles. The normalized spacial score (nSPS) is 21.1. The van der Waals surface area contributed by atoms with Crippen LogP contribution in [0, 0.1) is 0 Å². The molecular formula is C20H34IN3O2S. The molecular weight excluding hydrogens is 473 g/mol. The van der Waals surface area contributed by atoms with E-state index in [1.807, 2.05) is 19.1 Å². The fraction of sp³-hybridized carbons (Fsp3) is 0.650. The minimum Gasteiger partial charge on any atom is -0.494 e. The molecule has 1 aromatic rings. The van der Waals surface area contributed by atoms with Gasteiger partial charge < -0.3 is 15.4 Å². The van der Waals surface area contributed by atoms with Gasteiger partial charge in [-0.1, -0.05) is 32.4 Å². The summed E-state index contributed by atoms with van der Waals surface area (Å²) in [5.74, 6) is 2.46. The zero-order valence-electron chi connectivity index (χ0n) is 16.7. The van der Waals surface area contributed by atoms with Crippen LogP contribution in [0.4, 0.5) is 0 Å². The van der Waals surface area contributed by atoms with Crippen molar-refractivity contribution in [3.8, 4) is 5.75 Å². The Labute approximate surface area is 183 Å². The number of benzene rings is 1. The molecule has 3 atom stereocenters. The molecule has 2 rings (SSSR count). The number of rotatable bonds is 8. The smallest absolute Gasteiger partial charge is 0.191 e. The molecule has 2 N–H and O–H groups in total. The maximum Gasteiger partial charge on any atom is 0.191 e. The molecule has 154 valence electrons. The van der Waals surface area contributed by atoms with Crippen LogP contribution in [-0.2, 0) is 17.3 Å². The van der Waals surface area contributed by atoms with E-state index in [4.69, 9.17) is 4.74 Å². The van der Waals surface area contributed by atoms with Crippen molar-refractivity contribution in [1.29, 1.82) is 0 Å². The van der Waals surface area contributed by atoms with Crippen molar-refractivity contribution in [2.45, 2.75) is 63.8 Å². The van der Waals surface area contributed by atoms with Crippen LogP contribution >= 0.6 is 24.0 Å². The number of aliphatic imine (C=N–C) groups is 1. The van der Waals surface area contributed by atoms with Gasteiger partial charge >= 0.3 is 0 Å². The monoisotopic (exact) mass is 507 g/mol. The molecule has 7 heteroatoms. The van der Waals surface area contributed by atoms with E-state index in [2.05, 4.69) is 34.7 Å². The van der Waals surface area contributed by atoms with Crippen LogP contribution in [0.5, 0.6) is 5.75 Å². The minimum absolute atomic E-state index is 0. The van der Waals surface area contributed by atoms with Gasteiger partial charge in [0.25, 0.3) is 0 Å². The van der Waals surface area contributed by atoms with Gasteiger partial charge in [-0.25, -0.2) is 0 Å². The molecule has 1 aliphatic carbocycles. The number of hydrogen-bond donors (Lipinski definition) is 2. The third-order valence-electron chi connectivity index (χ3n) is 4.68. The molecule has 1 aliphatic rings. The molecule has 0 spiro atoms. The zero-order valence-corrected chi connectivity index (χ0v) is 19.8. The molecule has 0 heterocycles. The van der Waals surface area contributed by atoms with Crippen molar-refractivity contribution >= 4 is 40.7 Å². The second kappa shape index (κ2) is 13.4. The Kier molecular flexibility index (Phi) is 12.0. The average molecular weight is 507 g/mol. The lowest BCUT2D eigenvalue weighted by molar-refractivity contribution is 0.317. The van der Waals surface area contributed by atoms with Crippen LogP contribution in [-0.4, -0.2) is 40.9 Å². The van der Waals surface area contributed by atoms with Gasteiger partial charge in [-0.3, -0.25) is 9.20 Å². The van der Waals surface area contributed by atoms with Gasteiger partial charge in [-0.2, -0.15) is 0 Å². The first kappa shape index (κ1) is 24.2. The summed E-state index contributed by atoms with van der Waals surface area (Å²) >= 11 is 0. The second-order valence-corrected chi connectivity index (χ2v) is 8.73. The molecule has 0 aromatic heterocycles. The van der Waals surface area contributed by atoms with Gasteiger partial charge in [-0.05, 0) is 43.4 Å². The van der Waals surface area contributed by atoms with E-state index < -0.39 is 10.8 Å². The van der Waals surface area contributed by atoms with Crippen molar-refractivity contribution in [3.63, 3.8) is 0 Å². The maximum atomic E-state index is 12.1. The quantitative estimate of drug-likeness (QED) is 0.319. The third kappa shape index (κ3) is 8.37. The van der Waals surface area contributed by atoms with Crippen LogP contribution in [0.3, 0.4) is 0 Å². The van der Waals surface area contributed by atoms with E-state index in [9.17, 15) is 4.21 Å². The average Bonchev–Trinajstić information content (AvgIpc) is 2.69. The fourth-order valence-electron chi connectivity index (χ4n) is 3.29. The van der Waals surface area contributed by atoms with Crippen molar-refractivity contribution in [1.82, 2.24) is 10.6 Å². The Balaban J connectivity index is 0.00000364. The van der Waals surface area contributed by atoms with Crippen LogP contribution in [0.15, 0.2) is 29.3 Å². The summed E-state index contributed by atoms with van der Waals surface area (Å²) in [5, 5.41) is 7.21. The second-order valence-electron chi connectivity index (χ2n) is 6.72. The van der Waals surface area contributed by atoms with Crippen LogP contribution in [0.1, 0.15) is 51.5 Å². The highest BCUT2D eigenvalue weighted by Gasteiger charge is 2.25. The summed E-state index contributed by atoms with van der Waals surface area (Å²) in [4.78, 5) is 4.35. The van der Waals surface area contributed by atoms with Crippen molar-refractivity contribution in [2.24, 2.45) is 4.99 Å². The Morgan fingerprint density at radius 3 is 2.85 bits per heavy atom. The Hall–Kier alpha value is -0.830. The fourth-order valence-corrected chi connectivity index (χ4v) is 4.64. The lowest BCUT2D eigenvalue weighted by Crippen LogP contribution is -2.46. The first-order chi connectivity index (χ1) is 12.7. The van der Waals surface area contributed by atoms with Crippen LogP contribution in [0.2, 0.25) is 0 Å². The van der Waals surface area contributed by atoms with Gasteiger partial charge in [0, 0.05) is 41.4 Å². The summed E-state index contributed by atoms with van der Waals surface area (Å²) in [6.07, 6.45) is 5.28. The number of nitrogens with one attached hydrogen (secondary N) is 2. The Morgan fingerprint density at radius 1 is 1.33 bits per heavy atom. The largest absolute Gasteiger partial charge is 0.494 e. The summed E-state index contributed by atoms with van der Waals surface area (Å²) < 4.78 is 17.8. The SMILES string of the molecule is CCCOc1cccc(CNC(=NC)NC2CCCC(S(=O)CC)C2)c1.I. The molecule has 3 unspecified atom stereocenters. The summed E-state index contributed by atoms with van der Waals surface area (Å²) in [6, 6.07) is 8.50. The van der Waals surface area contributed by atoms with Gasteiger partial charge in [0.15, 0.2) is 5.96 Å². The molecule has 0 radical (unpaired) electrons. The predicted molar refractivity (Wildman–Crippen MR) is 126 cm³/mol. The molecule has 0 aliphatic heterocycles. The number of halogens is 1. The van der Waals surface area contributed by atoms with Gasteiger partial charge in [0.05, 0.1) is 6.61 Å². The topological polar surface area (TPSA) is 62.7 Å². The predicted octanol–water partition coefficient (Wildman–Crippen LogP) is 3.84. The molecule has 1 fully saturated rings. The van der Waals surface area contributed by atoms with Gasteiger partial charge in [-0.15, -0.1) is 24.0 Å². The number of guanidine groups is 1. The first-order valence-corrected chi connectivity index (χ1v) is 11.1. The molecule has 0 amide bonds. The van der Waals surface area contributed by atoms with E-state index in [0.29, 0.717) is 17.8 Å². The van der Waals surface area contributed by atoms with E-state index in [0.717, 1.165) is 61.7 Å². The Bertz CT molecular complexity index is 613. The summed E-state index contributed by atoms with van der Waals surface area (Å²) in [7, 11) is 1.09. The molecule has 1 saturated carbocycles. The first-order valence-electron chi connectivity index (χ1n) is 9.72. The highest BCUT2D eigenvalue weighted by atomic mass is 127. The molecule has 5 nitrogen and oxygen atoms in total. The summed E-state index contributed by atoms with van der Waals surface area (Å²) in [6.45, 7) is 5.54. The van der Waals surface area contributed by atoms with Crippen molar-refractivity contribution in [2.75, 3.05) is 19.4 Å². The van der Waals surface area contributed by atoms with E-state index in [1.54, 1.807) is 7.05 Å². The Morgan fingerprint density at radius 2 is 2.15 bits per heavy atom. The number of hydrogen-bond acceptors (Lipinski definition) is 3. The van der Waals surface area contributed by atoms with E-state index in [-0.39, 0.29) is 24.0 Å². The van der Waals surface area contributed by atoms with E-state index >= 15 is 0 Å². The number of ether oxygens (including phenoxy) is 1. The lowest BCUT2D eigenvalue weighted by atomic mass is 9.95. The molecule has 27 heavy (non-hydrogen) atoms. The minimum atomic E-state index is -0.704. The highest BCUT2D eigenvalue weighted by Crippen LogP contribution is 2.23. The van der Waals surface area contributed by atoms with Crippen molar-refractivity contribution in [3.05, 3.63) is 29.8 Å². The molecule has 0 bridgehead atoms.